The van der Waals surface area contributed by atoms with Crippen molar-refractivity contribution in [2.24, 2.45) is 7.05 Å². The first kappa shape index (κ1) is 19.4. The molecule has 1 amide bonds. The first-order valence-corrected chi connectivity index (χ1v) is 11.4. The molecule has 2 aliphatic rings. The predicted molar refractivity (Wildman–Crippen MR) is 113 cm³/mol. The summed E-state index contributed by atoms with van der Waals surface area (Å²) in [5.74, 6) is 0.576. The molecule has 0 radical (unpaired) electrons. The Morgan fingerprint density at radius 1 is 0.964 bits per heavy atom. The van der Waals surface area contributed by atoms with E-state index in [1.54, 1.807) is 10.9 Å². The Balaban J connectivity index is 1.49. The van der Waals surface area contributed by atoms with Crippen LogP contribution in [0.1, 0.15) is 105 Å². The number of fused-ring (bicyclic) bond motifs is 1. The van der Waals surface area contributed by atoms with Gasteiger partial charge in [0.2, 0.25) is 0 Å². The number of pyridine rings is 1. The van der Waals surface area contributed by atoms with Crippen molar-refractivity contribution in [1.82, 2.24) is 20.1 Å². The van der Waals surface area contributed by atoms with E-state index in [4.69, 9.17) is 4.98 Å². The summed E-state index contributed by atoms with van der Waals surface area (Å²) in [6.07, 6.45) is 18.2. The SMILES string of the molecule is Cn1ncc2c(C(=O)NC3CCCCCCCCCCC3)cc(C3CC3)nc21. The van der Waals surface area contributed by atoms with Crippen LogP contribution in [0.15, 0.2) is 12.3 Å². The van der Waals surface area contributed by atoms with Crippen molar-refractivity contribution in [1.29, 1.82) is 0 Å². The van der Waals surface area contributed by atoms with Crippen molar-refractivity contribution in [2.75, 3.05) is 0 Å². The molecular weight excluding hydrogens is 348 g/mol. The zero-order chi connectivity index (χ0) is 19.3. The summed E-state index contributed by atoms with van der Waals surface area (Å²) in [6, 6.07) is 2.31. The summed E-state index contributed by atoms with van der Waals surface area (Å²) < 4.78 is 1.79. The number of carbonyl (C=O) groups is 1. The summed E-state index contributed by atoms with van der Waals surface area (Å²) in [4.78, 5) is 18.0. The van der Waals surface area contributed by atoms with Crippen LogP contribution in [0.25, 0.3) is 11.0 Å². The van der Waals surface area contributed by atoms with Gasteiger partial charge in [-0.15, -0.1) is 0 Å². The Bertz CT molecular complexity index is 796. The van der Waals surface area contributed by atoms with Crippen LogP contribution >= 0.6 is 0 Å². The molecule has 2 saturated carbocycles. The fourth-order valence-electron chi connectivity index (χ4n) is 4.48. The normalized spacial score (nSPS) is 20.5. The number of amides is 1. The molecule has 0 aromatic carbocycles. The minimum absolute atomic E-state index is 0.0550. The van der Waals surface area contributed by atoms with E-state index in [1.165, 1.54) is 70.6 Å². The summed E-state index contributed by atoms with van der Waals surface area (Å²) in [6.45, 7) is 0. The first-order valence-electron chi connectivity index (χ1n) is 11.4. The number of carbonyl (C=O) groups excluding carboxylic acids is 1. The van der Waals surface area contributed by atoms with E-state index in [0.29, 0.717) is 5.92 Å². The molecule has 0 atom stereocenters. The summed E-state index contributed by atoms with van der Waals surface area (Å²) >= 11 is 0. The monoisotopic (exact) mass is 382 g/mol. The predicted octanol–water partition coefficient (Wildman–Crippen LogP) is 5.25. The van der Waals surface area contributed by atoms with E-state index >= 15 is 0 Å². The van der Waals surface area contributed by atoms with Gasteiger partial charge in [0.05, 0.1) is 17.1 Å². The van der Waals surface area contributed by atoms with Gasteiger partial charge in [-0.3, -0.25) is 9.48 Å². The molecule has 0 spiro atoms. The van der Waals surface area contributed by atoms with Crippen molar-refractivity contribution < 1.29 is 4.79 Å². The molecule has 2 aromatic heterocycles. The lowest BCUT2D eigenvalue weighted by Crippen LogP contribution is -2.35. The van der Waals surface area contributed by atoms with Gasteiger partial charge in [-0.05, 0) is 31.7 Å². The Labute approximate surface area is 168 Å². The van der Waals surface area contributed by atoms with E-state index in [9.17, 15) is 4.79 Å². The number of hydrogen-bond acceptors (Lipinski definition) is 3. The van der Waals surface area contributed by atoms with Gasteiger partial charge < -0.3 is 5.32 Å². The lowest BCUT2D eigenvalue weighted by atomic mass is 9.97. The van der Waals surface area contributed by atoms with E-state index in [1.807, 2.05) is 13.1 Å². The fourth-order valence-corrected chi connectivity index (χ4v) is 4.48. The van der Waals surface area contributed by atoms with Gasteiger partial charge in [0.15, 0.2) is 5.65 Å². The molecule has 2 aromatic rings. The minimum atomic E-state index is 0.0550. The molecule has 4 rings (SSSR count). The third-order valence-electron chi connectivity index (χ3n) is 6.41. The molecule has 0 aliphatic heterocycles. The molecular formula is C23H34N4O. The smallest absolute Gasteiger partial charge is 0.252 e. The minimum Gasteiger partial charge on any atom is -0.349 e. The Hall–Kier alpha value is -1.91. The van der Waals surface area contributed by atoms with Crippen molar-refractivity contribution in [2.45, 2.75) is 95.4 Å². The molecule has 28 heavy (non-hydrogen) atoms. The molecule has 0 unspecified atom stereocenters. The fraction of sp³-hybridized carbons (Fsp3) is 0.696. The van der Waals surface area contributed by atoms with Gasteiger partial charge in [-0.2, -0.15) is 5.10 Å². The van der Waals surface area contributed by atoms with Crippen LogP contribution in [0.4, 0.5) is 0 Å². The van der Waals surface area contributed by atoms with Crippen molar-refractivity contribution >= 4 is 16.9 Å². The first-order chi connectivity index (χ1) is 13.7. The van der Waals surface area contributed by atoms with Crippen LogP contribution in [0.3, 0.4) is 0 Å². The Kier molecular flexibility index (Phi) is 6.28. The maximum Gasteiger partial charge on any atom is 0.252 e. The van der Waals surface area contributed by atoms with Crippen molar-refractivity contribution in [3.8, 4) is 0 Å². The van der Waals surface area contributed by atoms with Gasteiger partial charge in [0, 0.05) is 24.7 Å². The van der Waals surface area contributed by atoms with Crippen LogP contribution < -0.4 is 5.32 Å². The lowest BCUT2D eigenvalue weighted by molar-refractivity contribution is 0.0933. The van der Waals surface area contributed by atoms with Gasteiger partial charge in [-0.1, -0.05) is 57.8 Å². The number of aromatic nitrogens is 3. The van der Waals surface area contributed by atoms with Crippen LogP contribution in [-0.4, -0.2) is 26.7 Å². The summed E-state index contributed by atoms with van der Waals surface area (Å²) in [5.41, 5.74) is 2.64. The second-order valence-electron chi connectivity index (χ2n) is 8.80. The van der Waals surface area contributed by atoms with Crippen LogP contribution in [0.2, 0.25) is 0 Å². The van der Waals surface area contributed by atoms with Gasteiger partial charge in [-0.25, -0.2) is 4.98 Å². The Morgan fingerprint density at radius 2 is 1.57 bits per heavy atom. The highest BCUT2D eigenvalue weighted by Gasteiger charge is 2.28. The second-order valence-corrected chi connectivity index (χ2v) is 8.80. The lowest BCUT2D eigenvalue weighted by Gasteiger charge is -2.20. The number of rotatable bonds is 3. The van der Waals surface area contributed by atoms with Crippen molar-refractivity contribution in [3.05, 3.63) is 23.5 Å². The van der Waals surface area contributed by atoms with E-state index in [0.717, 1.165) is 35.1 Å². The quantitative estimate of drug-likeness (QED) is 0.789. The van der Waals surface area contributed by atoms with Crippen LogP contribution in [-0.2, 0) is 7.05 Å². The third kappa shape index (κ3) is 4.73. The number of hydrogen-bond donors (Lipinski definition) is 1. The molecule has 2 fully saturated rings. The standard InChI is InChI=1S/C23H34N4O/c1-27-22-20(16-24-27)19(15-21(26-22)17-13-14-17)23(28)25-18-11-9-7-5-3-2-4-6-8-10-12-18/h15-18H,2-14H2,1H3,(H,25,28). The molecule has 1 N–H and O–H groups in total. The molecule has 5 heteroatoms. The highest BCUT2D eigenvalue weighted by atomic mass is 16.1. The highest BCUT2D eigenvalue weighted by molar-refractivity contribution is 6.05. The van der Waals surface area contributed by atoms with E-state index in [-0.39, 0.29) is 11.9 Å². The topological polar surface area (TPSA) is 59.8 Å². The Morgan fingerprint density at radius 3 is 2.18 bits per heavy atom. The largest absolute Gasteiger partial charge is 0.349 e. The zero-order valence-corrected chi connectivity index (χ0v) is 17.3. The maximum atomic E-state index is 13.2. The molecule has 2 heterocycles. The summed E-state index contributed by atoms with van der Waals surface area (Å²) in [5, 5.41) is 8.59. The average Bonchev–Trinajstić information content (AvgIpc) is 3.47. The molecule has 5 nitrogen and oxygen atoms in total. The number of aryl methyl sites for hydroxylation is 1. The third-order valence-corrected chi connectivity index (χ3v) is 6.41. The summed E-state index contributed by atoms with van der Waals surface area (Å²) in [7, 11) is 1.90. The number of nitrogens with one attached hydrogen (secondary N) is 1. The molecule has 0 bridgehead atoms. The van der Waals surface area contributed by atoms with Gasteiger partial charge in [0.25, 0.3) is 5.91 Å². The highest BCUT2D eigenvalue weighted by Crippen LogP contribution is 2.40. The molecule has 152 valence electrons. The van der Waals surface area contributed by atoms with Crippen LogP contribution in [0.5, 0.6) is 0 Å². The van der Waals surface area contributed by atoms with Gasteiger partial charge in [0.1, 0.15) is 0 Å². The number of nitrogens with zero attached hydrogens (tertiary/aromatic N) is 3. The maximum absolute atomic E-state index is 13.2. The molecule has 0 saturated heterocycles. The zero-order valence-electron chi connectivity index (χ0n) is 17.3. The van der Waals surface area contributed by atoms with E-state index < -0.39 is 0 Å². The van der Waals surface area contributed by atoms with Gasteiger partial charge >= 0.3 is 0 Å². The second kappa shape index (κ2) is 9.06. The molecule has 2 aliphatic carbocycles. The van der Waals surface area contributed by atoms with E-state index in [2.05, 4.69) is 10.4 Å². The van der Waals surface area contributed by atoms with Crippen molar-refractivity contribution in [3.63, 3.8) is 0 Å². The van der Waals surface area contributed by atoms with Crippen LogP contribution in [0, 0.1) is 0 Å². The average molecular weight is 383 g/mol.